The van der Waals surface area contributed by atoms with Crippen molar-refractivity contribution in [2.45, 2.75) is 59.4 Å². The van der Waals surface area contributed by atoms with Gasteiger partial charge in [-0.05, 0) is 62.4 Å². The maximum atomic E-state index is 13.5. The van der Waals surface area contributed by atoms with Gasteiger partial charge < -0.3 is 4.90 Å². The van der Waals surface area contributed by atoms with Crippen LogP contribution in [0.5, 0.6) is 0 Å². The molecule has 1 aliphatic carbocycles. The largest absolute Gasteiger partial charge is 0.334 e. The summed E-state index contributed by atoms with van der Waals surface area (Å²) in [6.07, 6.45) is 1.52. The Hall–Kier alpha value is -2.87. The molecule has 0 atom stereocenters. The summed E-state index contributed by atoms with van der Waals surface area (Å²) < 4.78 is 0. The summed E-state index contributed by atoms with van der Waals surface area (Å²) in [4.78, 5) is 15.8. The minimum atomic E-state index is -0.0246. The molecule has 0 N–H and O–H groups in total. The summed E-state index contributed by atoms with van der Waals surface area (Å²) in [5, 5.41) is 2.51. The molecule has 1 aliphatic heterocycles. The lowest BCUT2D eigenvalue weighted by atomic mass is 9.71. The van der Waals surface area contributed by atoms with E-state index in [2.05, 4.69) is 100 Å². The number of carbonyl (C=O) groups excluding carboxylic acids is 1. The minimum Gasteiger partial charge on any atom is -0.334 e. The van der Waals surface area contributed by atoms with Gasteiger partial charge in [0.15, 0.2) is 5.78 Å². The van der Waals surface area contributed by atoms with Gasteiger partial charge >= 0.3 is 0 Å². The van der Waals surface area contributed by atoms with Crippen LogP contribution in [0.25, 0.3) is 16.3 Å². The molecule has 0 aromatic heterocycles. The van der Waals surface area contributed by atoms with Crippen LogP contribution >= 0.6 is 0 Å². The Morgan fingerprint density at radius 1 is 0.871 bits per heavy atom. The minimum absolute atomic E-state index is 0.0246. The molecule has 1 heterocycles. The average Bonchev–Trinajstić information content (AvgIpc) is 2.71. The molecule has 0 saturated carbocycles. The normalized spacial score (nSPS) is 18.2. The molecule has 0 bridgehead atoms. The molecule has 3 aromatic rings. The fourth-order valence-corrected chi connectivity index (χ4v) is 5.25. The van der Waals surface area contributed by atoms with E-state index in [-0.39, 0.29) is 16.6 Å². The Morgan fingerprint density at radius 3 is 2.29 bits per heavy atom. The summed E-state index contributed by atoms with van der Waals surface area (Å²) in [5.74, 6) is 0.268. The summed E-state index contributed by atoms with van der Waals surface area (Å²) in [5.41, 5.74) is 7.23. The first-order valence-corrected chi connectivity index (χ1v) is 11.3. The standard InChI is InChI=1S/C29H31NO/c1-28(2,3)21-12-14-22(15-13-21)30-18-20-11-10-19-8-6-7-9-23(19)26(20)24-16-29(4,5)17-25(31)27(24)30/h6-15H,16-18H2,1-5H3. The van der Waals surface area contributed by atoms with Crippen molar-refractivity contribution in [2.24, 2.45) is 5.41 Å². The molecule has 2 nitrogen and oxygen atoms in total. The van der Waals surface area contributed by atoms with Crippen LogP contribution in [-0.4, -0.2) is 5.78 Å². The van der Waals surface area contributed by atoms with E-state index in [0.29, 0.717) is 6.42 Å². The van der Waals surface area contributed by atoms with E-state index in [9.17, 15) is 4.79 Å². The summed E-state index contributed by atoms with van der Waals surface area (Å²) >= 11 is 0. The molecular formula is C29H31NO. The van der Waals surface area contributed by atoms with E-state index in [0.717, 1.165) is 24.4 Å². The van der Waals surface area contributed by atoms with Crippen LogP contribution in [-0.2, 0) is 16.8 Å². The van der Waals surface area contributed by atoms with Gasteiger partial charge in [-0.15, -0.1) is 0 Å². The second-order valence-corrected chi connectivity index (χ2v) is 11.0. The van der Waals surface area contributed by atoms with Gasteiger partial charge in [0.1, 0.15) is 0 Å². The fourth-order valence-electron chi connectivity index (χ4n) is 5.25. The number of hydrogen-bond acceptors (Lipinski definition) is 2. The Kier molecular flexibility index (Phi) is 4.41. The summed E-state index contributed by atoms with van der Waals surface area (Å²) in [7, 11) is 0. The highest BCUT2D eigenvalue weighted by Gasteiger charge is 2.39. The third kappa shape index (κ3) is 3.39. The molecule has 0 saturated heterocycles. The fraction of sp³-hybridized carbons (Fsp3) is 0.345. The smallest absolute Gasteiger partial charge is 0.180 e. The zero-order valence-corrected chi connectivity index (χ0v) is 19.3. The SMILES string of the molecule is CC1(C)CC(=O)C2=C(C1)c1c(ccc3ccccc13)CN2c1ccc(C(C)(C)C)cc1. The Balaban J connectivity index is 1.72. The van der Waals surface area contributed by atoms with Crippen molar-refractivity contribution >= 4 is 27.8 Å². The highest BCUT2D eigenvalue weighted by atomic mass is 16.1. The number of allylic oxidation sites excluding steroid dienone is 2. The second-order valence-electron chi connectivity index (χ2n) is 11.0. The van der Waals surface area contributed by atoms with E-state index in [4.69, 9.17) is 0 Å². The molecule has 31 heavy (non-hydrogen) atoms. The third-order valence-electron chi connectivity index (χ3n) is 6.80. The maximum Gasteiger partial charge on any atom is 0.180 e. The first-order chi connectivity index (χ1) is 14.6. The molecule has 2 heteroatoms. The molecular weight excluding hydrogens is 378 g/mol. The highest BCUT2D eigenvalue weighted by Crippen LogP contribution is 2.48. The predicted molar refractivity (Wildman–Crippen MR) is 130 cm³/mol. The first-order valence-electron chi connectivity index (χ1n) is 11.3. The van der Waals surface area contributed by atoms with E-state index < -0.39 is 0 Å². The lowest BCUT2D eigenvalue weighted by Gasteiger charge is -2.41. The number of Topliss-reactive ketones (excluding diaryl/α,β-unsaturated/α-hetero) is 1. The van der Waals surface area contributed by atoms with Gasteiger partial charge in [0.25, 0.3) is 0 Å². The Morgan fingerprint density at radius 2 is 1.58 bits per heavy atom. The summed E-state index contributed by atoms with van der Waals surface area (Å²) in [6.45, 7) is 11.9. The average molecular weight is 410 g/mol. The number of carbonyl (C=O) groups is 1. The molecule has 0 spiro atoms. The van der Waals surface area contributed by atoms with Crippen LogP contribution < -0.4 is 4.90 Å². The number of hydrogen-bond donors (Lipinski definition) is 0. The molecule has 0 amide bonds. The zero-order chi connectivity index (χ0) is 22.0. The van der Waals surface area contributed by atoms with E-state index >= 15 is 0 Å². The number of fused-ring (bicyclic) bond motifs is 4. The number of ketones is 1. The number of nitrogens with zero attached hydrogens (tertiary/aromatic N) is 1. The van der Waals surface area contributed by atoms with Crippen LogP contribution in [0.15, 0.2) is 66.4 Å². The van der Waals surface area contributed by atoms with Crippen molar-refractivity contribution < 1.29 is 4.79 Å². The highest BCUT2D eigenvalue weighted by molar-refractivity contribution is 6.11. The molecule has 0 radical (unpaired) electrons. The third-order valence-corrected chi connectivity index (χ3v) is 6.80. The lowest BCUT2D eigenvalue weighted by molar-refractivity contribution is -0.117. The van der Waals surface area contributed by atoms with E-state index in [1.165, 1.54) is 33.0 Å². The number of rotatable bonds is 1. The van der Waals surface area contributed by atoms with Crippen molar-refractivity contribution in [1.82, 2.24) is 0 Å². The number of anilines is 1. The molecule has 0 fully saturated rings. The predicted octanol–water partition coefficient (Wildman–Crippen LogP) is 7.26. The molecule has 5 rings (SSSR count). The van der Waals surface area contributed by atoms with Gasteiger partial charge in [0.05, 0.1) is 5.70 Å². The van der Waals surface area contributed by atoms with Gasteiger partial charge in [-0.25, -0.2) is 0 Å². The van der Waals surface area contributed by atoms with Crippen LogP contribution in [0.4, 0.5) is 5.69 Å². The quantitative estimate of drug-likeness (QED) is 0.421. The molecule has 158 valence electrons. The van der Waals surface area contributed by atoms with Gasteiger partial charge in [0, 0.05) is 18.7 Å². The molecule has 3 aromatic carbocycles. The van der Waals surface area contributed by atoms with Gasteiger partial charge in [-0.2, -0.15) is 0 Å². The van der Waals surface area contributed by atoms with Crippen LogP contribution in [0.2, 0.25) is 0 Å². The molecule has 0 unspecified atom stereocenters. The van der Waals surface area contributed by atoms with Crippen LogP contribution in [0.1, 0.15) is 64.2 Å². The van der Waals surface area contributed by atoms with E-state index in [1.54, 1.807) is 0 Å². The van der Waals surface area contributed by atoms with Crippen molar-refractivity contribution in [3.63, 3.8) is 0 Å². The van der Waals surface area contributed by atoms with Crippen molar-refractivity contribution in [3.8, 4) is 0 Å². The van der Waals surface area contributed by atoms with Gasteiger partial charge in [-0.3, -0.25) is 4.79 Å². The Bertz CT molecular complexity index is 1220. The Labute approximate surface area is 185 Å². The number of benzene rings is 3. The van der Waals surface area contributed by atoms with Gasteiger partial charge in [0.2, 0.25) is 0 Å². The van der Waals surface area contributed by atoms with Crippen molar-refractivity contribution in [3.05, 3.63) is 83.1 Å². The first kappa shape index (κ1) is 20.1. The monoisotopic (exact) mass is 409 g/mol. The lowest BCUT2D eigenvalue weighted by Crippen LogP contribution is -2.38. The maximum absolute atomic E-state index is 13.5. The zero-order valence-electron chi connectivity index (χ0n) is 19.3. The van der Waals surface area contributed by atoms with Crippen LogP contribution in [0, 0.1) is 5.41 Å². The van der Waals surface area contributed by atoms with E-state index in [1.807, 2.05) is 0 Å². The van der Waals surface area contributed by atoms with Crippen molar-refractivity contribution in [2.75, 3.05) is 4.90 Å². The van der Waals surface area contributed by atoms with Gasteiger partial charge in [-0.1, -0.05) is 83.1 Å². The topological polar surface area (TPSA) is 20.3 Å². The van der Waals surface area contributed by atoms with Crippen LogP contribution in [0.3, 0.4) is 0 Å². The van der Waals surface area contributed by atoms with Crippen molar-refractivity contribution in [1.29, 1.82) is 0 Å². The second kappa shape index (κ2) is 6.82. The summed E-state index contributed by atoms with van der Waals surface area (Å²) in [6, 6.07) is 21.8. The molecule has 2 aliphatic rings.